The number of phenols is 1. The molecule has 0 saturated carbocycles. The highest BCUT2D eigenvalue weighted by Gasteiger charge is 2.06. The van der Waals surface area contributed by atoms with Crippen molar-refractivity contribution in [2.24, 2.45) is 0 Å². The first-order chi connectivity index (χ1) is 8.63. The maximum absolute atomic E-state index is 12.9. The number of Topliss-reactive ketones (excluding diaryl/α,β-unsaturated/α-hetero) is 1. The molecule has 0 radical (unpaired) electrons. The molecule has 0 amide bonds. The molecule has 2 aromatic carbocycles. The summed E-state index contributed by atoms with van der Waals surface area (Å²) in [6.07, 6.45) is 0.509. The molecule has 2 nitrogen and oxygen atoms in total. The number of benzene rings is 2. The Balaban J connectivity index is 1.98. The van der Waals surface area contributed by atoms with Crippen LogP contribution < -0.4 is 0 Å². The largest absolute Gasteiger partial charge is 0.508 e. The standard InChI is InChI=1S/C15H13FO2/c16-13-3-1-2-12(8-13)10-15(18)9-11-4-6-14(17)7-5-11/h1-8,17H,9-10H2. The van der Waals surface area contributed by atoms with Crippen LogP contribution in [0, 0.1) is 5.82 Å². The molecule has 0 atom stereocenters. The lowest BCUT2D eigenvalue weighted by molar-refractivity contribution is -0.117. The Kier molecular flexibility index (Phi) is 3.72. The fourth-order valence-corrected chi connectivity index (χ4v) is 1.78. The van der Waals surface area contributed by atoms with E-state index in [4.69, 9.17) is 5.11 Å². The van der Waals surface area contributed by atoms with E-state index < -0.39 is 0 Å². The van der Waals surface area contributed by atoms with E-state index >= 15 is 0 Å². The van der Waals surface area contributed by atoms with Crippen molar-refractivity contribution < 1.29 is 14.3 Å². The molecule has 2 rings (SSSR count). The first-order valence-electron chi connectivity index (χ1n) is 5.67. The minimum absolute atomic E-state index is 0.0197. The predicted molar refractivity (Wildman–Crippen MR) is 66.9 cm³/mol. The molecule has 1 N–H and O–H groups in total. The molecule has 0 aliphatic heterocycles. The van der Waals surface area contributed by atoms with E-state index in [1.165, 1.54) is 12.1 Å². The molecule has 0 fully saturated rings. The predicted octanol–water partition coefficient (Wildman–Crippen LogP) is 2.89. The normalized spacial score (nSPS) is 10.3. The van der Waals surface area contributed by atoms with Crippen LogP contribution in [0.3, 0.4) is 0 Å². The van der Waals surface area contributed by atoms with Gasteiger partial charge in [-0.25, -0.2) is 4.39 Å². The van der Waals surface area contributed by atoms with Gasteiger partial charge in [-0.3, -0.25) is 4.79 Å². The van der Waals surface area contributed by atoms with E-state index in [0.717, 1.165) is 5.56 Å². The number of carbonyl (C=O) groups is 1. The second kappa shape index (κ2) is 5.45. The number of ketones is 1. The number of halogens is 1. The summed E-state index contributed by atoms with van der Waals surface area (Å²) >= 11 is 0. The highest BCUT2D eigenvalue weighted by molar-refractivity contribution is 5.83. The molecule has 92 valence electrons. The van der Waals surface area contributed by atoms with Crippen molar-refractivity contribution in [2.75, 3.05) is 0 Å². The van der Waals surface area contributed by atoms with Crippen LogP contribution >= 0.6 is 0 Å². The van der Waals surface area contributed by atoms with E-state index in [0.29, 0.717) is 5.56 Å². The van der Waals surface area contributed by atoms with Crippen molar-refractivity contribution >= 4 is 5.78 Å². The number of phenolic OH excluding ortho intramolecular Hbond substituents is 1. The van der Waals surface area contributed by atoms with Crippen molar-refractivity contribution in [1.29, 1.82) is 0 Å². The smallest absolute Gasteiger partial charge is 0.141 e. The molecule has 0 aliphatic carbocycles. The maximum Gasteiger partial charge on any atom is 0.141 e. The van der Waals surface area contributed by atoms with E-state index in [1.807, 2.05) is 0 Å². The van der Waals surface area contributed by atoms with Gasteiger partial charge in [0.1, 0.15) is 17.3 Å². The van der Waals surface area contributed by atoms with E-state index in [-0.39, 0.29) is 30.2 Å². The van der Waals surface area contributed by atoms with Gasteiger partial charge in [-0.1, -0.05) is 24.3 Å². The molecule has 0 unspecified atom stereocenters. The van der Waals surface area contributed by atoms with Gasteiger partial charge in [-0.15, -0.1) is 0 Å². The van der Waals surface area contributed by atoms with E-state index in [9.17, 15) is 9.18 Å². The van der Waals surface area contributed by atoms with Crippen LogP contribution in [0.1, 0.15) is 11.1 Å². The van der Waals surface area contributed by atoms with E-state index in [2.05, 4.69) is 0 Å². The minimum atomic E-state index is -0.329. The van der Waals surface area contributed by atoms with Gasteiger partial charge in [0, 0.05) is 12.8 Å². The summed E-state index contributed by atoms with van der Waals surface area (Å²) in [4.78, 5) is 11.8. The Bertz CT molecular complexity index is 547. The molecule has 2 aromatic rings. The van der Waals surface area contributed by atoms with Crippen LogP contribution in [0.25, 0.3) is 0 Å². The number of aromatic hydroxyl groups is 1. The average molecular weight is 244 g/mol. The summed E-state index contributed by atoms with van der Waals surface area (Å²) in [5.74, 6) is -0.132. The van der Waals surface area contributed by atoms with Gasteiger partial charge in [0.2, 0.25) is 0 Å². The second-order valence-electron chi connectivity index (χ2n) is 4.19. The van der Waals surface area contributed by atoms with Crippen molar-refractivity contribution in [1.82, 2.24) is 0 Å². The summed E-state index contributed by atoms with van der Waals surface area (Å²) in [6.45, 7) is 0. The zero-order valence-electron chi connectivity index (χ0n) is 9.77. The third-order valence-corrected chi connectivity index (χ3v) is 2.63. The lowest BCUT2D eigenvalue weighted by Gasteiger charge is -2.02. The summed E-state index contributed by atoms with van der Waals surface area (Å²) in [5.41, 5.74) is 1.52. The monoisotopic (exact) mass is 244 g/mol. The maximum atomic E-state index is 12.9. The topological polar surface area (TPSA) is 37.3 Å². The first-order valence-corrected chi connectivity index (χ1v) is 5.67. The van der Waals surface area contributed by atoms with Crippen molar-refractivity contribution in [3.05, 3.63) is 65.5 Å². The molecular formula is C15H13FO2. The van der Waals surface area contributed by atoms with Crippen LogP contribution in [0.15, 0.2) is 48.5 Å². The summed E-state index contributed by atoms with van der Waals surface area (Å²) in [5, 5.41) is 9.13. The Labute approximate surface area is 105 Å². The molecule has 0 aliphatic rings. The van der Waals surface area contributed by atoms with Crippen LogP contribution in [0.2, 0.25) is 0 Å². The second-order valence-corrected chi connectivity index (χ2v) is 4.19. The van der Waals surface area contributed by atoms with E-state index in [1.54, 1.807) is 36.4 Å². The van der Waals surface area contributed by atoms with Gasteiger partial charge in [0.15, 0.2) is 0 Å². The fourth-order valence-electron chi connectivity index (χ4n) is 1.78. The number of hydrogen-bond donors (Lipinski definition) is 1. The number of hydrogen-bond acceptors (Lipinski definition) is 2. The lowest BCUT2D eigenvalue weighted by Crippen LogP contribution is -2.06. The van der Waals surface area contributed by atoms with Gasteiger partial charge in [0.25, 0.3) is 0 Å². The summed E-state index contributed by atoms with van der Waals surface area (Å²) < 4.78 is 12.9. The van der Waals surface area contributed by atoms with Crippen molar-refractivity contribution in [3.63, 3.8) is 0 Å². The van der Waals surface area contributed by atoms with Gasteiger partial charge >= 0.3 is 0 Å². The third kappa shape index (κ3) is 3.42. The minimum Gasteiger partial charge on any atom is -0.508 e. The fraction of sp³-hybridized carbons (Fsp3) is 0.133. The molecule has 18 heavy (non-hydrogen) atoms. The molecular weight excluding hydrogens is 231 g/mol. The van der Waals surface area contributed by atoms with Crippen molar-refractivity contribution in [3.8, 4) is 5.75 Å². The zero-order valence-corrected chi connectivity index (χ0v) is 9.77. The average Bonchev–Trinajstić information content (AvgIpc) is 2.32. The molecule has 0 saturated heterocycles. The highest BCUT2D eigenvalue weighted by atomic mass is 19.1. The quantitative estimate of drug-likeness (QED) is 0.897. The Morgan fingerprint density at radius 1 is 1.00 bits per heavy atom. The molecule has 3 heteroatoms. The molecule has 0 heterocycles. The zero-order chi connectivity index (χ0) is 13.0. The van der Waals surface area contributed by atoms with Gasteiger partial charge in [0.05, 0.1) is 0 Å². The van der Waals surface area contributed by atoms with Crippen LogP contribution in [0.5, 0.6) is 5.75 Å². The Hall–Kier alpha value is -2.16. The number of carbonyl (C=O) groups excluding carboxylic acids is 1. The van der Waals surface area contributed by atoms with Crippen molar-refractivity contribution in [2.45, 2.75) is 12.8 Å². The SMILES string of the molecule is O=C(Cc1ccc(O)cc1)Cc1cccc(F)c1. The van der Waals surface area contributed by atoms with Crippen LogP contribution in [-0.2, 0) is 17.6 Å². The third-order valence-electron chi connectivity index (χ3n) is 2.63. The summed E-state index contributed by atoms with van der Waals surface area (Å²) in [7, 11) is 0. The first kappa shape index (κ1) is 12.3. The number of rotatable bonds is 4. The van der Waals surface area contributed by atoms with Crippen LogP contribution in [0.4, 0.5) is 4.39 Å². The van der Waals surface area contributed by atoms with Gasteiger partial charge in [-0.2, -0.15) is 0 Å². The Morgan fingerprint density at radius 3 is 2.33 bits per heavy atom. The highest BCUT2D eigenvalue weighted by Crippen LogP contribution is 2.12. The van der Waals surface area contributed by atoms with Gasteiger partial charge < -0.3 is 5.11 Å². The summed E-state index contributed by atoms with van der Waals surface area (Å²) in [6, 6.07) is 12.6. The molecule has 0 aromatic heterocycles. The molecule has 0 spiro atoms. The lowest BCUT2D eigenvalue weighted by atomic mass is 10.0. The Morgan fingerprint density at radius 2 is 1.67 bits per heavy atom. The molecule has 0 bridgehead atoms. The van der Waals surface area contributed by atoms with Gasteiger partial charge in [-0.05, 0) is 35.4 Å². The van der Waals surface area contributed by atoms with Crippen LogP contribution in [-0.4, -0.2) is 10.9 Å².